The van der Waals surface area contributed by atoms with E-state index < -0.39 is 0 Å². The van der Waals surface area contributed by atoms with Gasteiger partial charge in [0.2, 0.25) is 0 Å². The first-order valence-electron chi connectivity index (χ1n) is 9.17. The van der Waals surface area contributed by atoms with Crippen molar-refractivity contribution in [3.05, 3.63) is 77.5 Å². The van der Waals surface area contributed by atoms with E-state index in [-0.39, 0.29) is 24.4 Å². The monoisotopic (exact) mass is 410 g/mol. The van der Waals surface area contributed by atoms with Gasteiger partial charge in [0, 0.05) is 23.5 Å². The number of carbonyl (C=O) groups is 1. The van der Waals surface area contributed by atoms with Crippen LogP contribution in [-0.4, -0.2) is 24.0 Å². The molecule has 0 fully saturated rings. The van der Waals surface area contributed by atoms with Gasteiger partial charge in [-0.1, -0.05) is 24.3 Å². The standard InChI is InChI=1S/C22H22N4O2.ClH/c1-28-19-8-6-17(7-9-19)24-21-13-16(23)12-20(26-21)22(27)25-18-10-14-4-2-3-5-15(14)11-18;/h2-9,12-13,18H,10-11H2,1H3,(H,25,27)(H3,23,24,26);1H. The lowest BCUT2D eigenvalue weighted by Crippen LogP contribution is -2.35. The minimum absolute atomic E-state index is 0. The summed E-state index contributed by atoms with van der Waals surface area (Å²) < 4.78 is 5.16. The van der Waals surface area contributed by atoms with E-state index in [0.717, 1.165) is 24.3 Å². The van der Waals surface area contributed by atoms with Crippen LogP contribution in [0.3, 0.4) is 0 Å². The Bertz CT molecular complexity index is 983. The highest BCUT2D eigenvalue weighted by atomic mass is 35.5. The number of halogens is 1. The third-order valence-electron chi connectivity index (χ3n) is 4.83. The number of nitrogens with one attached hydrogen (secondary N) is 2. The maximum absolute atomic E-state index is 12.7. The summed E-state index contributed by atoms with van der Waals surface area (Å²) in [5, 5.41) is 6.25. The molecule has 3 aromatic rings. The molecule has 0 aliphatic heterocycles. The number of fused-ring (bicyclic) bond motifs is 1. The van der Waals surface area contributed by atoms with Crippen LogP contribution in [0.15, 0.2) is 60.7 Å². The Morgan fingerprint density at radius 2 is 1.72 bits per heavy atom. The molecule has 4 N–H and O–H groups in total. The summed E-state index contributed by atoms with van der Waals surface area (Å²) in [5.41, 5.74) is 10.2. The van der Waals surface area contributed by atoms with E-state index in [1.165, 1.54) is 11.1 Å². The van der Waals surface area contributed by atoms with Crippen LogP contribution in [0.25, 0.3) is 0 Å². The van der Waals surface area contributed by atoms with Crippen LogP contribution in [0, 0.1) is 0 Å². The fourth-order valence-corrected chi connectivity index (χ4v) is 3.47. The van der Waals surface area contributed by atoms with Crippen molar-refractivity contribution < 1.29 is 9.53 Å². The molecule has 1 amide bonds. The zero-order valence-electron chi connectivity index (χ0n) is 16.0. The van der Waals surface area contributed by atoms with Gasteiger partial charge in [-0.2, -0.15) is 0 Å². The van der Waals surface area contributed by atoms with Gasteiger partial charge >= 0.3 is 0 Å². The molecule has 0 radical (unpaired) electrons. The molecule has 0 spiro atoms. The van der Waals surface area contributed by atoms with Crippen LogP contribution in [0.4, 0.5) is 17.2 Å². The number of carbonyl (C=O) groups excluding carboxylic acids is 1. The summed E-state index contributed by atoms with van der Waals surface area (Å²) >= 11 is 0. The summed E-state index contributed by atoms with van der Waals surface area (Å²) in [6.45, 7) is 0. The first kappa shape index (κ1) is 20.5. The predicted molar refractivity (Wildman–Crippen MR) is 117 cm³/mol. The van der Waals surface area contributed by atoms with Crippen LogP contribution in [0.2, 0.25) is 0 Å². The largest absolute Gasteiger partial charge is 0.497 e. The fraction of sp³-hybridized carbons (Fsp3) is 0.182. The number of aromatic nitrogens is 1. The summed E-state index contributed by atoms with van der Waals surface area (Å²) in [5.74, 6) is 1.07. The summed E-state index contributed by atoms with van der Waals surface area (Å²) in [6.07, 6.45) is 1.67. The number of hydrogen-bond acceptors (Lipinski definition) is 5. The number of ether oxygens (including phenoxy) is 1. The molecule has 7 heteroatoms. The molecular formula is C22H23ClN4O2. The molecule has 1 aliphatic carbocycles. The van der Waals surface area contributed by atoms with Crippen LogP contribution < -0.4 is 21.1 Å². The average Bonchev–Trinajstić information content (AvgIpc) is 3.10. The molecule has 0 saturated heterocycles. The smallest absolute Gasteiger partial charge is 0.270 e. The number of benzene rings is 2. The number of hydrogen-bond donors (Lipinski definition) is 3. The van der Waals surface area contributed by atoms with Crippen molar-refractivity contribution in [3.63, 3.8) is 0 Å². The number of amides is 1. The normalized spacial score (nSPS) is 12.6. The lowest BCUT2D eigenvalue weighted by molar-refractivity contribution is 0.0933. The van der Waals surface area contributed by atoms with Crippen LogP contribution in [0.5, 0.6) is 5.75 Å². The quantitative estimate of drug-likeness (QED) is 0.596. The molecule has 0 unspecified atom stereocenters. The Hall–Kier alpha value is -3.25. The molecule has 1 heterocycles. The molecule has 29 heavy (non-hydrogen) atoms. The van der Waals surface area contributed by atoms with Gasteiger partial charge in [0.1, 0.15) is 17.3 Å². The second-order valence-corrected chi connectivity index (χ2v) is 6.87. The number of anilines is 3. The van der Waals surface area contributed by atoms with Gasteiger partial charge in [-0.15, -0.1) is 12.4 Å². The third-order valence-corrected chi connectivity index (χ3v) is 4.83. The third kappa shape index (κ3) is 4.78. The van der Waals surface area contributed by atoms with Crippen molar-refractivity contribution >= 4 is 35.5 Å². The van der Waals surface area contributed by atoms with Crippen molar-refractivity contribution in [2.45, 2.75) is 18.9 Å². The SMILES string of the molecule is COc1ccc(Nc2cc(N)cc(C(=O)NC3Cc4ccccc4C3)n2)cc1.Cl. The number of methoxy groups -OCH3 is 1. The molecule has 2 aromatic carbocycles. The molecule has 1 aromatic heterocycles. The van der Waals surface area contributed by atoms with E-state index in [1.807, 2.05) is 36.4 Å². The Morgan fingerprint density at radius 1 is 1.07 bits per heavy atom. The number of nitrogens with two attached hydrogens (primary N) is 1. The predicted octanol–water partition coefficient (Wildman–Crippen LogP) is 3.74. The zero-order valence-corrected chi connectivity index (χ0v) is 16.8. The van der Waals surface area contributed by atoms with E-state index in [9.17, 15) is 4.79 Å². The van der Waals surface area contributed by atoms with Crippen LogP contribution in [0.1, 0.15) is 21.6 Å². The van der Waals surface area contributed by atoms with Crippen LogP contribution >= 0.6 is 12.4 Å². The molecular weight excluding hydrogens is 388 g/mol. The van der Waals surface area contributed by atoms with Crippen molar-refractivity contribution in [2.75, 3.05) is 18.2 Å². The highest BCUT2D eigenvalue weighted by molar-refractivity contribution is 5.94. The van der Waals surface area contributed by atoms with Crippen LogP contribution in [-0.2, 0) is 12.8 Å². The average molecular weight is 411 g/mol. The molecule has 0 atom stereocenters. The van der Waals surface area contributed by atoms with Gasteiger partial charge in [-0.05, 0) is 54.3 Å². The molecule has 6 nitrogen and oxygen atoms in total. The highest BCUT2D eigenvalue weighted by Gasteiger charge is 2.23. The maximum atomic E-state index is 12.7. The van der Waals surface area contributed by atoms with Gasteiger partial charge in [0.25, 0.3) is 5.91 Å². The van der Waals surface area contributed by atoms with Gasteiger partial charge in [-0.3, -0.25) is 4.79 Å². The Balaban J connectivity index is 0.00000240. The zero-order chi connectivity index (χ0) is 19.5. The Kier molecular flexibility index (Phi) is 6.24. The highest BCUT2D eigenvalue weighted by Crippen LogP contribution is 2.23. The summed E-state index contributed by atoms with van der Waals surface area (Å²) in [4.78, 5) is 17.1. The van der Waals surface area contributed by atoms with Crippen molar-refractivity contribution in [1.82, 2.24) is 10.3 Å². The van der Waals surface area contributed by atoms with E-state index in [0.29, 0.717) is 17.2 Å². The first-order chi connectivity index (χ1) is 13.6. The number of pyridine rings is 1. The molecule has 0 bridgehead atoms. The van der Waals surface area contributed by atoms with Gasteiger partial charge < -0.3 is 21.1 Å². The minimum atomic E-state index is -0.220. The second kappa shape index (κ2) is 8.84. The molecule has 1 aliphatic rings. The maximum Gasteiger partial charge on any atom is 0.270 e. The fourth-order valence-electron chi connectivity index (χ4n) is 3.47. The first-order valence-corrected chi connectivity index (χ1v) is 9.17. The van der Waals surface area contributed by atoms with E-state index in [1.54, 1.807) is 19.2 Å². The van der Waals surface area contributed by atoms with Gasteiger partial charge in [0.15, 0.2) is 0 Å². The minimum Gasteiger partial charge on any atom is -0.497 e. The molecule has 0 saturated carbocycles. The number of nitrogen functional groups attached to an aromatic ring is 1. The lowest BCUT2D eigenvalue weighted by atomic mass is 10.1. The van der Waals surface area contributed by atoms with E-state index in [4.69, 9.17) is 10.5 Å². The summed E-state index contributed by atoms with van der Waals surface area (Å²) in [7, 11) is 1.62. The van der Waals surface area contributed by atoms with E-state index in [2.05, 4.69) is 27.8 Å². The number of nitrogens with zero attached hydrogens (tertiary/aromatic N) is 1. The Morgan fingerprint density at radius 3 is 2.34 bits per heavy atom. The van der Waals surface area contributed by atoms with E-state index >= 15 is 0 Å². The van der Waals surface area contributed by atoms with Crippen molar-refractivity contribution in [3.8, 4) is 5.75 Å². The molecule has 4 rings (SSSR count). The summed E-state index contributed by atoms with van der Waals surface area (Å²) in [6, 6.07) is 19.1. The van der Waals surface area contributed by atoms with Crippen molar-refractivity contribution in [1.29, 1.82) is 0 Å². The molecule has 150 valence electrons. The number of rotatable bonds is 5. The second-order valence-electron chi connectivity index (χ2n) is 6.87. The Labute approximate surface area is 175 Å². The van der Waals surface area contributed by atoms with Gasteiger partial charge in [0.05, 0.1) is 7.11 Å². The topological polar surface area (TPSA) is 89.3 Å². The lowest BCUT2D eigenvalue weighted by Gasteiger charge is -2.13. The van der Waals surface area contributed by atoms with Gasteiger partial charge in [-0.25, -0.2) is 4.98 Å². The van der Waals surface area contributed by atoms with Crippen molar-refractivity contribution in [2.24, 2.45) is 0 Å².